The zero-order valence-corrected chi connectivity index (χ0v) is 10.3. The molecule has 0 unspecified atom stereocenters. The van der Waals surface area contributed by atoms with E-state index in [2.05, 4.69) is 5.10 Å². The first kappa shape index (κ1) is 12.2. The first-order valence-electron chi connectivity index (χ1n) is 5.81. The largest absolute Gasteiger partial charge is 0.488 e. The van der Waals surface area contributed by atoms with Crippen LogP contribution in [0.15, 0.2) is 53.6 Å². The molecule has 2 N–H and O–H groups in total. The lowest BCUT2D eigenvalue weighted by atomic mass is 10.1. The third-order valence-corrected chi connectivity index (χ3v) is 2.72. The van der Waals surface area contributed by atoms with Crippen molar-refractivity contribution in [3.63, 3.8) is 0 Å². The second kappa shape index (κ2) is 5.87. The maximum Gasteiger partial charge on any atom is 0.128 e. The number of benzene rings is 2. The van der Waals surface area contributed by atoms with Gasteiger partial charge < -0.3 is 10.6 Å². The number of hydrazone groups is 1. The first-order chi connectivity index (χ1) is 8.81. The van der Waals surface area contributed by atoms with Crippen molar-refractivity contribution >= 4 is 6.21 Å². The molecule has 2 aromatic carbocycles. The van der Waals surface area contributed by atoms with Gasteiger partial charge in [0.15, 0.2) is 0 Å². The standard InChI is InChI=1S/C15H16N2O/c1-12-6-5-9-15(14(12)10-17-16)18-11-13-7-3-2-4-8-13/h2-10H,11,16H2,1H3/b17-10-. The zero-order chi connectivity index (χ0) is 12.8. The van der Waals surface area contributed by atoms with Crippen LogP contribution in [0, 0.1) is 6.92 Å². The van der Waals surface area contributed by atoms with E-state index < -0.39 is 0 Å². The Hall–Kier alpha value is -2.29. The van der Waals surface area contributed by atoms with Gasteiger partial charge in [-0.2, -0.15) is 5.10 Å². The van der Waals surface area contributed by atoms with E-state index in [0.29, 0.717) is 6.61 Å². The van der Waals surface area contributed by atoms with Crippen molar-refractivity contribution in [1.82, 2.24) is 0 Å². The van der Waals surface area contributed by atoms with E-state index in [0.717, 1.165) is 22.4 Å². The molecule has 0 bridgehead atoms. The molecule has 0 aliphatic rings. The summed E-state index contributed by atoms with van der Waals surface area (Å²) in [6.07, 6.45) is 1.62. The molecule has 18 heavy (non-hydrogen) atoms. The molecule has 0 radical (unpaired) electrons. The maximum atomic E-state index is 5.81. The molecule has 92 valence electrons. The van der Waals surface area contributed by atoms with Gasteiger partial charge >= 0.3 is 0 Å². The molecular formula is C15H16N2O. The monoisotopic (exact) mass is 240 g/mol. The quantitative estimate of drug-likeness (QED) is 0.507. The zero-order valence-electron chi connectivity index (χ0n) is 10.3. The van der Waals surface area contributed by atoms with Gasteiger partial charge in [-0.1, -0.05) is 42.5 Å². The van der Waals surface area contributed by atoms with Crippen molar-refractivity contribution in [3.8, 4) is 5.75 Å². The van der Waals surface area contributed by atoms with Gasteiger partial charge in [0.05, 0.1) is 6.21 Å². The molecule has 0 saturated heterocycles. The number of rotatable bonds is 4. The molecule has 0 spiro atoms. The van der Waals surface area contributed by atoms with Crippen molar-refractivity contribution in [1.29, 1.82) is 0 Å². The van der Waals surface area contributed by atoms with Crippen LogP contribution in [0.3, 0.4) is 0 Å². The van der Waals surface area contributed by atoms with Gasteiger partial charge in [-0.05, 0) is 24.1 Å². The van der Waals surface area contributed by atoms with Crippen molar-refractivity contribution in [2.24, 2.45) is 10.9 Å². The number of nitrogens with zero attached hydrogens (tertiary/aromatic N) is 1. The number of ether oxygens (including phenoxy) is 1. The van der Waals surface area contributed by atoms with Crippen LogP contribution in [-0.2, 0) is 6.61 Å². The predicted octanol–water partition coefficient (Wildman–Crippen LogP) is 2.87. The number of aryl methyl sites for hydroxylation is 1. The number of nitrogens with two attached hydrogens (primary N) is 1. The average Bonchev–Trinajstić information content (AvgIpc) is 2.41. The number of hydrogen-bond acceptors (Lipinski definition) is 3. The van der Waals surface area contributed by atoms with Crippen LogP contribution in [0.1, 0.15) is 16.7 Å². The summed E-state index contributed by atoms with van der Waals surface area (Å²) in [5, 5.41) is 3.58. The van der Waals surface area contributed by atoms with Gasteiger partial charge in [0.25, 0.3) is 0 Å². The van der Waals surface area contributed by atoms with Gasteiger partial charge in [0.1, 0.15) is 12.4 Å². The molecule has 3 nitrogen and oxygen atoms in total. The van der Waals surface area contributed by atoms with E-state index in [9.17, 15) is 0 Å². The minimum atomic E-state index is 0.537. The topological polar surface area (TPSA) is 47.6 Å². The summed E-state index contributed by atoms with van der Waals surface area (Å²) in [5.74, 6) is 6.02. The van der Waals surface area contributed by atoms with Gasteiger partial charge in [0.2, 0.25) is 0 Å². The third kappa shape index (κ3) is 2.88. The van der Waals surface area contributed by atoms with Crippen molar-refractivity contribution in [3.05, 3.63) is 65.2 Å². The highest BCUT2D eigenvalue weighted by Gasteiger charge is 2.04. The highest BCUT2D eigenvalue weighted by atomic mass is 16.5. The van der Waals surface area contributed by atoms with E-state index in [1.807, 2.05) is 55.5 Å². The van der Waals surface area contributed by atoms with Crippen LogP contribution in [0.25, 0.3) is 0 Å². The third-order valence-electron chi connectivity index (χ3n) is 2.72. The molecule has 0 heterocycles. The normalized spacial score (nSPS) is 10.7. The van der Waals surface area contributed by atoms with Gasteiger partial charge in [-0.25, -0.2) is 0 Å². The van der Waals surface area contributed by atoms with Crippen LogP contribution in [-0.4, -0.2) is 6.21 Å². The van der Waals surface area contributed by atoms with Crippen LogP contribution in [0.4, 0.5) is 0 Å². The molecule has 0 amide bonds. The molecule has 3 heteroatoms. The Kier molecular flexibility index (Phi) is 3.97. The summed E-state index contributed by atoms with van der Waals surface area (Å²) in [6, 6.07) is 15.9. The summed E-state index contributed by atoms with van der Waals surface area (Å²) >= 11 is 0. The van der Waals surface area contributed by atoms with E-state index >= 15 is 0 Å². The molecule has 0 aromatic heterocycles. The van der Waals surface area contributed by atoms with E-state index in [1.165, 1.54) is 0 Å². The molecule has 2 rings (SSSR count). The summed E-state index contributed by atoms with van der Waals surface area (Å²) < 4.78 is 5.81. The lowest BCUT2D eigenvalue weighted by Gasteiger charge is -2.10. The summed E-state index contributed by atoms with van der Waals surface area (Å²) in [4.78, 5) is 0. The molecule has 0 fully saturated rings. The summed E-state index contributed by atoms with van der Waals surface area (Å²) in [6.45, 7) is 2.54. The molecule has 0 atom stereocenters. The number of hydrogen-bond donors (Lipinski definition) is 1. The van der Waals surface area contributed by atoms with Gasteiger partial charge in [-0.15, -0.1) is 0 Å². The Balaban J connectivity index is 2.17. The smallest absolute Gasteiger partial charge is 0.128 e. The Morgan fingerprint density at radius 2 is 1.89 bits per heavy atom. The van der Waals surface area contributed by atoms with Gasteiger partial charge in [0, 0.05) is 5.56 Å². The second-order valence-electron chi connectivity index (χ2n) is 4.04. The van der Waals surface area contributed by atoms with Crippen LogP contribution in [0.5, 0.6) is 5.75 Å². The Labute approximate surface area is 107 Å². The molecule has 0 aliphatic carbocycles. The summed E-state index contributed by atoms with van der Waals surface area (Å²) in [5.41, 5.74) is 3.15. The van der Waals surface area contributed by atoms with Crippen LogP contribution < -0.4 is 10.6 Å². The molecule has 0 saturated carbocycles. The maximum absolute atomic E-state index is 5.81. The second-order valence-corrected chi connectivity index (χ2v) is 4.04. The molecule has 2 aromatic rings. The van der Waals surface area contributed by atoms with Crippen molar-refractivity contribution in [2.75, 3.05) is 0 Å². The van der Waals surface area contributed by atoms with Crippen LogP contribution >= 0.6 is 0 Å². The minimum absolute atomic E-state index is 0.537. The van der Waals surface area contributed by atoms with Crippen molar-refractivity contribution in [2.45, 2.75) is 13.5 Å². The van der Waals surface area contributed by atoms with Gasteiger partial charge in [-0.3, -0.25) is 0 Å². The van der Waals surface area contributed by atoms with Crippen LogP contribution in [0.2, 0.25) is 0 Å². The lowest BCUT2D eigenvalue weighted by Crippen LogP contribution is -2.00. The highest BCUT2D eigenvalue weighted by Crippen LogP contribution is 2.21. The molecular weight excluding hydrogens is 224 g/mol. The summed E-state index contributed by atoms with van der Waals surface area (Å²) in [7, 11) is 0. The lowest BCUT2D eigenvalue weighted by molar-refractivity contribution is 0.305. The fourth-order valence-corrected chi connectivity index (χ4v) is 1.75. The molecule has 0 aliphatic heterocycles. The SMILES string of the molecule is Cc1cccc(OCc2ccccc2)c1/C=N\N. The Bertz CT molecular complexity index is 535. The first-order valence-corrected chi connectivity index (χ1v) is 5.81. The predicted molar refractivity (Wildman–Crippen MR) is 73.7 cm³/mol. The Morgan fingerprint density at radius 3 is 2.61 bits per heavy atom. The fraction of sp³-hybridized carbons (Fsp3) is 0.133. The average molecular weight is 240 g/mol. The van der Waals surface area contributed by atoms with E-state index in [1.54, 1.807) is 6.21 Å². The fourth-order valence-electron chi connectivity index (χ4n) is 1.75. The van der Waals surface area contributed by atoms with E-state index in [4.69, 9.17) is 10.6 Å². The van der Waals surface area contributed by atoms with Crippen molar-refractivity contribution < 1.29 is 4.74 Å². The minimum Gasteiger partial charge on any atom is -0.488 e. The Morgan fingerprint density at radius 1 is 1.11 bits per heavy atom. The highest BCUT2D eigenvalue weighted by molar-refractivity contribution is 5.85. The van der Waals surface area contributed by atoms with E-state index in [-0.39, 0.29) is 0 Å².